The molecule has 3 heteroatoms. The Kier molecular flexibility index (Phi) is 2.74. The lowest BCUT2D eigenvalue weighted by Crippen LogP contribution is -2.18. The standard InChI is InChI=1S/C18H19N3/c1-12-19-18-16(21(12)2)11-9-14-8-10-15(20-17(14)18)13-6-4-3-5-7-13/h3-7,9,11,15,20H,8,10H2,1-2H3. The van der Waals surface area contributed by atoms with Gasteiger partial charge >= 0.3 is 0 Å². The molecule has 1 N–H and O–H groups in total. The van der Waals surface area contributed by atoms with Crippen LogP contribution in [0.25, 0.3) is 11.0 Å². The van der Waals surface area contributed by atoms with E-state index >= 15 is 0 Å². The number of rotatable bonds is 1. The van der Waals surface area contributed by atoms with E-state index in [9.17, 15) is 0 Å². The summed E-state index contributed by atoms with van der Waals surface area (Å²) in [7, 11) is 2.08. The van der Waals surface area contributed by atoms with Gasteiger partial charge in [0.2, 0.25) is 0 Å². The van der Waals surface area contributed by atoms with Crippen LogP contribution in [-0.4, -0.2) is 9.55 Å². The highest BCUT2D eigenvalue weighted by Gasteiger charge is 2.22. The molecular weight excluding hydrogens is 258 g/mol. The van der Waals surface area contributed by atoms with Crippen LogP contribution in [-0.2, 0) is 13.5 Å². The normalized spacial score (nSPS) is 17.5. The highest BCUT2D eigenvalue weighted by molar-refractivity contribution is 5.91. The summed E-state index contributed by atoms with van der Waals surface area (Å²) >= 11 is 0. The fourth-order valence-electron chi connectivity index (χ4n) is 3.27. The van der Waals surface area contributed by atoms with Crippen molar-refractivity contribution in [1.82, 2.24) is 9.55 Å². The molecule has 106 valence electrons. The number of aromatic nitrogens is 2. The zero-order chi connectivity index (χ0) is 14.4. The first kappa shape index (κ1) is 12.5. The Hall–Kier alpha value is -2.29. The molecule has 1 aliphatic heterocycles. The summed E-state index contributed by atoms with van der Waals surface area (Å²) in [5.74, 6) is 1.06. The van der Waals surface area contributed by atoms with Gasteiger partial charge in [-0.3, -0.25) is 0 Å². The number of imidazole rings is 1. The van der Waals surface area contributed by atoms with Crippen LogP contribution < -0.4 is 5.32 Å². The van der Waals surface area contributed by atoms with Crippen molar-refractivity contribution in [2.75, 3.05) is 5.32 Å². The number of benzene rings is 2. The number of nitrogens with zero attached hydrogens (tertiary/aromatic N) is 2. The van der Waals surface area contributed by atoms with Crippen molar-refractivity contribution in [1.29, 1.82) is 0 Å². The van der Waals surface area contributed by atoms with E-state index in [1.165, 1.54) is 22.3 Å². The van der Waals surface area contributed by atoms with E-state index in [0.29, 0.717) is 6.04 Å². The minimum Gasteiger partial charge on any atom is -0.376 e. The Bertz CT molecular complexity index is 802. The van der Waals surface area contributed by atoms with Gasteiger partial charge in [0, 0.05) is 7.05 Å². The average Bonchev–Trinajstić information content (AvgIpc) is 2.83. The molecule has 3 aromatic rings. The number of nitrogens with one attached hydrogen (secondary N) is 1. The molecule has 1 aliphatic rings. The molecule has 1 unspecified atom stereocenters. The molecule has 0 radical (unpaired) electrons. The van der Waals surface area contributed by atoms with Crippen LogP contribution in [0.4, 0.5) is 5.69 Å². The molecule has 0 spiro atoms. The summed E-state index contributed by atoms with van der Waals surface area (Å²) in [6.07, 6.45) is 2.24. The molecule has 0 fully saturated rings. The van der Waals surface area contributed by atoms with Gasteiger partial charge in [-0.2, -0.15) is 0 Å². The number of hydrogen-bond donors (Lipinski definition) is 1. The molecule has 0 saturated carbocycles. The molecule has 0 aliphatic carbocycles. The van der Waals surface area contributed by atoms with Crippen molar-refractivity contribution < 1.29 is 0 Å². The Morgan fingerprint density at radius 1 is 1.14 bits per heavy atom. The molecule has 4 rings (SSSR count). The van der Waals surface area contributed by atoms with Crippen molar-refractivity contribution in [3.8, 4) is 0 Å². The zero-order valence-corrected chi connectivity index (χ0v) is 12.4. The SMILES string of the molecule is Cc1nc2c3c(ccc2n1C)CCC(c1ccccc1)N3. The zero-order valence-electron chi connectivity index (χ0n) is 12.4. The number of hydrogen-bond acceptors (Lipinski definition) is 2. The third-order valence-electron chi connectivity index (χ3n) is 4.59. The quantitative estimate of drug-likeness (QED) is 0.729. The molecule has 21 heavy (non-hydrogen) atoms. The van der Waals surface area contributed by atoms with Crippen LogP contribution in [0.3, 0.4) is 0 Å². The minimum absolute atomic E-state index is 0.381. The maximum atomic E-state index is 4.75. The number of fused-ring (bicyclic) bond motifs is 3. The fourth-order valence-corrected chi connectivity index (χ4v) is 3.27. The third kappa shape index (κ3) is 1.92. The lowest BCUT2D eigenvalue weighted by Gasteiger charge is -2.27. The summed E-state index contributed by atoms with van der Waals surface area (Å²) < 4.78 is 2.16. The predicted molar refractivity (Wildman–Crippen MR) is 86.6 cm³/mol. The molecular formula is C18H19N3. The molecule has 0 saturated heterocycles. The second-order valence-corrected chi connectivity index (χ2v) is 5.83. The maximum absolute atomic E-state index is 4.75. The van der Waals surface area contributed by atoms with Crippen LogP contribution >= 0.6 is 0 Å². The van der Waals surface area contributed by atoms with E-state index in [0.717, 1.165) is 24.2 Å². The first-order valence-corrected chi connectivity index (χ1v) is 7.50. The second kappa shape index (κ2) is 4.62. The maximum Gasteiger partial charge on any atom is 0.112 e. The summed E-state index contributed by atoms with van der Waals surface area (Å²) in [5.41, 5.74) is 6.26. The predicted octanol–water partition coefficient (Wildman–Crippen LogP) is 3.98. The molecule has 0 amide bonds. The van der Waals surface area contributed by atoms with Crippen molar-refractivity contribution in [2.24, 2.45) is 7.05 Å². The Morgan fingerprint density at radius 3 is 2.76 bits per heavy atom. The van der Waals surface area contributed by atoms with Crippen LogP contribution in [0, 0.1) is 6.92 Å². The van der Waals surface area contributed by atoms with Gasteiger partial charge in [0.15, 0.2) is 0 Å². The summed E-state index contributed by atoms with van der Waals surface area (Å²) in [5, 5.41) is 3.72. The van der Waals surface area contributed by atoms with Crippen LogP contribution in [0.2, 0.25) is 0 Å². The molecule has 3 nitrogen and oxygen atoms in total. The molecule has 1 atom stereocenters. The number of aryl methyl sites for hydroxylation is 3. The Balaban J connectivity index is 1.82. The Morgan fingerprint density at radius 2 is 1.95 bits per heavy atom. The lowest BCUT2D eigenvalue weighted by atomic mass is 9.93. The molecule has 0 bridgehead atoms. The van der Waals surface area contributed by atoms with E-state index in [1.54, 1.807) is 0 Å². The van der Waals surface area contributed by atoms with Crippen LogP contribution in [0.5, 0.6) is 0 Å². The van der Waals surface area contributed by atoms with Gasteiger partial charge in [0.05, 0.1) is 17.2 Å². The lowest BCUT2D eigenvalue weighted by molar-refractivity contribution is 0.669. The summed E-state index contributed by atoms with van der Waals surface area (Å²) in [4.78, 5) is 4.75. The highest BCUT2D eigenvalue weighted by Crippen LogP contribution is 2.37. The minimum atomic E-state index is 0.381. The van der Waals surface area contributed by atoms with Crippen molar-refractivity contribution in [3.05, 3.63) is 59.4 Å². The van der Waals surface area contributed by atoms with Gasteiger partial charge in [-0.1, -0.05) is 36.4 Å². The smallest absolute Gasteiger partial charge is 0.112 e. The van der Waals surface area contributed by atoms with Gasteiger partial charge in [-0.25, -0.2) is 4.98 Å². The van der Waals surface area contributed by atoms with Gasteiger partial charge in [-0.15, -0.1) is 0 Å². The summed E-state index contributed by atoms with van der Waals surface area (Å²) in [6, 6.07) is 15.5. The van der Waals surface area contributed by atoms with Crippen molar-refractivity contribution in [2.45, 2.75) is 25.8 Å². The second-order valence-electron chi connectivity index (χ2n) is 5.83. The van der Waals surface area contributed by atoms with Crippen LogP contribution in [0.1, 0.15) is 29.4 Å². The highest BCUT2D eigenvalue weighted by atomic mass is 15.1. The van der Waals surface area contributed by atoms with Gasteiger partial charge in [-0.05, 0) is 37.0 Å². The fraction of sp³-hybridized carbons (Fsp3) is 0.278. The van der Waals surface area contributed by atoms with E-state index in [4.69, 9.17) is 4.98 Å². The van der Waals surface area contributed by atoms with Crippen molar-refractivity contribution >= 4 is 16.7 Å². The molecule has 2 heterocycles. The average molecular weight is 277 g/mol. The van der Waals surface area contributed by atoms with Crippen molar-refractivity contribution in [3.63, 3.8) is 0 Å². The topological polar surface area (TPSA) is 29.9 Å². The molecule has 2 aromatic carbocycles. The molecule has 1 aromatic heterocycles. The Labute approximate surface area is 124 Å². The third-order valence-corrected chi connectivity index (χ3v) is 4.59. The van der Waals surface area contributed by atoms with Crippen LogP contribution in [0.15, 0.2) is 42.5 Å². The van der Waals surface area contributed by atoms with E-state index in [2.05, 4.69) is 66.3 Å². The monoisotopic (exact) mass is 277 g/mol. The first-order valence-electron chi connectivity index (χ1n) is 7.50. The van der Waals surface area contributed by atoms with Gasteiger partial charge in [0.25, 0.3) is 0 Å². The van der Waals surface area contributed by atoms with E-state index in [1.807, 2.05) is 0 Å². The summed E-state index contributed by atoms with van der Waals surface area (Å²) in [6.45, 7) is 2.06. The first-order chi connectivity index (χ1) is 10.2. The van der Waals surface area contributed by atoms with E-state index in [-0.39, 0.29) is 0 Å². The number of anilines is 1. The van der Waals surface area contributed by atoms with E-state index < -0.39 is 0 Å². The van der Waals surface area contributed by atoms with Gasteiger partial charge in [0.1, 0.15) is 11.3 Å². The largest absolute Gasteiger partial charge is 0.376 e. The van der Waals surface area contributed by atoms with Gasteiger partial charge < -0.3 is 9.88 Å².